The average Bonchev–Trinajstić information content (AvgIpc) is 2.96. The number of hydrogen-bond donors (Lipinski definition) is 5. The van der Waals surface area contributed by atoms with E-state index in [1.165, 1.54) is 0 Å². The zero-order valence-electron chi connectivity index (χ0n) is 29.2. The van der Waals surface area contributed by atoms with Crippen molar-refractivity contribution in [2.24, 2.45) is 0 Å². The van der Waals surface area contributed by atoms with E-state index in [0.29, 0.717) is 12.8 Å². The van der Waals surface area contributed by atoms with Gasteiger partial charge in [-0.1, -0.05) is 65.2 Å². The van der Waals surface area contributed by atoms with Gasteiger partial charge < -0.3 is 67.4 Å². The van der Waals surface area contributed by atoms with Gasteiger partial charge in [-0.05, 0) is 12.8 Å². The first-order valence-electron chi connectivity index (χ1n) is 15.3. The number of carbonyl (C=O) groups is 2. The van der Waals surface area contributed by atoms with E-state index in [-0.39, 0.29) is 102 Å². The van der Waals surface area contributed by atoms with Gasteiger partial charge >= 0.3 is 101 Å². The summed E-state index contributed by atoms with van der Waals surface area (Å²) >= 11 is 0. The summed E-state index contributed by atoms with van der Waals surface area (Å²) in [5.74, 6) is -1.38. The largest absolute Gasteiger partial charge is 1.00 e. The van der Waals surface area contributed by atoms with Crippen LogP contribution in [-0.4, -0.2) is 93.0 Å². The predicted octanol–water partition coefficient (Wildman–Crippen LogP) is -9.17. The van der Waals surface area contributed by atoms with Crippen molar-refractivity contribution in [1.29, 1.82) is 0 Å². The summed E-state index contributed by atoms with van der Waals surface area (Å²) in [4.78, 5) is 77.8. The molecule has 1 rings (SSSR count). The second kappa shape index (κ2) is 28.5. The van der Waals surface area contributed by atoms with Crippen LogP contribution in [-0.2, 0) is 50.9 Å². The number of aliphatic hydroxyl groups excluding tert-OH is 3. The fraction of sp³-hybridized carbons (Fsp3) is 0.920. The van der Waals surface area contributed by atoms with E-state index in [9.17, 15) is 53.3 Å². The molecule has 0 saturated heterocycles. The Balaban J connectivity index is -0.00000736. The first-order chi connectivity index (χ1) is 21.8. The van der Waals surface area contributed by atoms with E-state index in [0.717, 1.165) is 51.4 Å². The van der Waals surface area contributed by atoms with Gasteiger partial charge in [-0.2, -0.15) is 0 Å². The quantitative estimate of drug-likeness (QED) is 0.0262. The summed E-state index contributed by atoms with van der Waals surface area (Å²) in [6.45, 7) is 2.45. The molecule has 19 nitrogen and oxygen atoms in total. The van der Waals surface area contributed by atoms with Crippen LogP contribution in [0.5, 0.6) is 0 Å². The number of phosphoric acid groups is 3. The Morgan fingerprint density at radius 1 is 0.620 bits per heavy atom. The Morgan fingerprint density at radius 2 is 1.04 bits per heavy atom. The Morgan fingerprint density at radius 3 is 1.50 bits per heavy atom. The molecule has 10 atom stereocenters. The molecule has 0 aromatic rings. The second-order valence-electron chi connectivity index (χ2n) is 11.0. The number of ether oxygens (including phenoxy) is 2. The molecule has 278 valence electrons. The molecule has 25 heteroatoms. The van der Waals surface area contributed by atoms with Crippen LogP contribution in [0.1, 0.15) is 90.9 Å². The van der Waals surface area contributed by atoms with E-state index in [1.54, 1.807) is 0 Å². The number of esters is 2. The molecule has 0 aliphatic heterocycles. The summed E-state index contributed by atoms with van der Waals surface area (Å²) < 4.78 is 63.1. The first-order valence-corrected chi connectivity index (χ1v) is 19.7. The number of carbonyl (C=O) groups excluding carboxylic acids is 2. The van der Waals surface area contributed by atoms with Gasteiger partial charge in [-0.15, -0.1) is 0 Å². The number of aliphatic hydroxyl groups is 3. The smallest absolute Gasteiger partial charge is 0.756 e. The van der Waals surface area contributed by atoms with Crippen molar-refractivity contribution in [3.63, 3.8) is 0 Å². The van der Waals surface area contributed by atoms with Gasteiger partial charge in [0.2, 0.25) is 0 Å². The molecule has 0 bridgehead atoms. The van der Waals surface area contributed by atoms with Crippen LogP contribution in [0, 0.1) is 0 Å². The SMILES string of the molecule is CCCCCCCC(=O)OC[C@H](COP(=O)([O-])O[C@H]1[C@H](O)[C@@H](O)[C@H](OP(=O)([O-])O)[C@@H](OP(=O)([O-])O)[C@H]1O)OC(=O)CCCCCCC.[Na+].[Na+].[Na+]. The fourth-order valence-electron chi connectivity index (χ4n) is 4.56. The third-order valence-electron chi connectivity index (χ3n) is 6.90. The maximum Gasteiger partial charge on any atom is 1.00 e. The predicted molar refractivity (Wildman–Crippen MR) is 153 cm³/mol. The van der Waals surface area contributed by atoms with Crippen LogP contribution in [0.4, 0.5) is 0 Å². The Labute approximate surface area is 358 Å². The van der Waals surface area contributed by atoms with E-state index >= 15 is 0 Å². The molecule has 0 amide bonds. The molecule has 5 N–H and O–H groups in total. The molecule has 1 aliphatic rings. The summed E-state index contributed by atoms with van der Waals surface area (Å²) in [6, 6.07) is 0. The van der Waals surface area contributed by atoms with Crippen LogP contribution >= 0.6 is 23.5 Å². The van der Waals surface area contributed by atoms with Gasteiger partial charge in [-0.3, -0.25) is 23.3 Å². The zero-order chi connectivity index (χ0) is 35.8. The molecule has 50 heavy (non-hydrogen) atoms. The molecule has 1 saturated carbocycles. The van der Waals surface area contributed by atoms with E-state index < -0.39 is 91.3 Å². The summed E-state index contributed by atoms with van der Waals surface area (Å²) in [5.41, 5.74) is 0. The fourth-order valence-corrected chi connectivity index (χ4v) is 6.62. The van der Waals surface area contributed by atoms with E-state index in [1.807, 2.05) is 13.8 Å². The van der Waals surface area contributed by atoms with Crippen LogP contribution in [0.25, 0.3) is 0 Å². The summed E-state index contributed by atoms with van der Waals surface area (Å²) in [6.07, 6.45) is -8.69. The standard InChI is InChI=1S/C25H49O19P3.3Na/c1-3-5-7-9-11-13-18(26)39-15-17(41-19(27)14-12-10-8-6-4-2)16-40-47(37,38)44-23-20(28)21(29)24(42-45(31,32)33)25(22(23)30)43-46(34,35)36;;;/h17,20-25,28-30H,3-16H2,1-2H3,(H,37,38)(H2,31,32,33)(H2,34,35,36);;;/q;3*+1/p-3/t17-,20-,21-,22+,23+,24+,25+;;;/m1.../s1. The molecule has 1 fully saturated rings. The van der Waals surface area contributed by atoms with E-state index in [2.05, 4.69) is 13.6 Å². The Hall–Kier alpha value is 2.15. The molecule has 0 spiro atoms. The maximum absolute atomic E-state index is 12.7. The molecule has 3 unspecified atom stereocenters. The van der Waals surface area contributed by atoms with Gasteiger partial charge in [0.25, 0.3) is 23.5 Å². The Bertz CT molecular complexity index is 1100. The first kappa shape index (κ1) is 56.5. The van der Waals surface area contributed by atoms with E-state index in [4.69, 9.17) is 23.8 Å². The van der Waals surface area contributed by atoms with Gasteiger partial charge in [0.15, 0.2) is 6.10 Å². The van der Waals surface area contributed by atoms with Crippen molar-refractivity contribution < 1.29 is 179 Å². The number of hydrogen-bond acceptors (Lipinski definition) is 17. The van der Waals surface area contributed by atoms with Crippen molar-refractivity contribution in [3.05, 3.63) is 0 Å². The molecule has 1 aliphatic carbocycles. The third-order valence-corrected chi connectivity index (χ3v) is 8.88. The minimum atomic E-state index is -5.86. The molecule has 0 radical (unpaired) electrons. The Kier molecular flexibility index (Phi) is 32.2. The number of rotatable bonds is 24. The van der Waals surface area contributed by atoms with Gasteiger partial charge in [0.05, 0.1) is 6.61 Å². The van der Waals surface area contributed by atoms with Crippen molar-refractivity contribution >= 4 is 35.4 Å². The summed E-state index contributed by atoms with van der Waals surface area (Å²) in [5, 5.41) is 31.2. The minimum Gasteiger partial charge on any atom is -0.756 e. The van der Waals surface area contributed by atoms with Crippen LogP contribution in [0.15, 0.2) is 0 Å². The molecule has 0 aromatic carbocycles. The minimum absolute atomic E-state index is 0. The van der Waals surface area contributed by atoms with Crippen molar-refractivity contribution in [3.8, 4) is 0 Å². The number of phosphoric ester groups is 3. The van der Waals surface area contributed by atoms with Crippen molar-refractivity contribution in [2.75, 3.05) is 13.2 Å². The maximum atomic E-state index is 12.7. The topological polar surface area (TPSA) is 311 Å². The van der Waals surface area contributed by atoms with Gasteiger partial charge in [0.1, 0.15) is 43.2 Å². The van der Waals surface area contributed by atoms with Crippen LogP contribution in [0.2, 0.25) is 0 Å². The zero-order valence-corrected chi connectivity index (χ0v) is 37.9. The third kappa shape index (κ3) is 24.6. The normalized spacial score (nSPS) is 26.0. The molecular formula is C25H46Na3O19P3. The summed E-state index contributed by atoms with van der Waals surface area (Å²) in [7, 11) is -17.4. The average molecular weight is 813 g/mol. The number of unbranched alkanes of at least 4 members (excludes halogenated alkanes) is 8. The van der Waals surface area contributed by atoms with Crippen LogP contribution in [0.3, 0.4) is 0 Å². The van der Waals surface area contributed by atoms with Crippen LogP contribution < -0.4 is 103 Å². The molecule has 0 aromatic heterocycles. The second-order valence-corrected chi connectivity index (χ2v) is 14.6. The monoisotopic (exact) mass is 812 g/mol. The van der Waals surface area contributed by atoms with Gasteiger partial charge in [-0.25, -0.2) is 0 Å². The van der Waals surface area contributed by atoms with Crippen molar-refractivity contribution in [2.45, 2.75) is 134 Å². The molecule has 0 heterocycles. The van der Waals surface area contributed by atoms with Crippen molar-refractivity contribution in [1.82, 2.24) is 0 Å². The molecular weight excluding hydrogens is 766 g/mol. The van der Waals surface area contributed by atoms with Gasteiger partial charge in [0, 0.05) is 12.8 Å².